The Bertz CT molecular complexity index is 608. The molecule has 0 spiro atoms. The minimum Gasteiger partial charge on any atom is -0.467 e. The highest BCUT2D eigenvalue weighted by atomic mass is 127. The predicted molar refractivity (Wildman–Crippen MR) is 119 cm³/mol. The zero-order valence-corrected chi connectivity index (χ0v) is 19.6. The number of hydrogen-bond acceptors (Lipinski definition) is 5. The molecular formula is C17H33IN4O4S. The number of nitrogens with one attached hydrogen (secondary N) is 2. The van der Waals surface area contributed by atoms with E-state index >= 15 is 0 Å². The zero-order chi connectivity index (χ0) is 19.3. The summed E-state index contributed by atoms with van der Waals surface area (Å²) in [4.78, 5) is 4.49. The average Bonchev–Trinajstić information content (AvgIpc) is 3.10. The molecule has 10 heteroatoms. The predicted octanol–water partition coefficient (Wildman–Crippen LogP) is 2.03. The van der Waals surface area contributed by atoms with E-state index in [1.165, 1.54) is 10.6 Å². The van der Waals surface area contributed by atoms with Crippen molar-refractivity contribution in [3.63, 3.8) is 0 Å². The SMILES string of the molecule is CCNC(=NCCCOCc1ccco1)NCCCN(CC)S(C)(=O)=O.I. The quantitative estimate of drug-likeness (QED) is 0.180. The Labute approximate surface area is 180 Å². The normalized spacial score (nSPS) is 12.1. The number of halogens is 1. The molecule has 0 atom stereocenters. The number of rotatable bonds is 13. The third-order valence-electron chi connectivity index (χ3n) is 3.58. The van der Waals surface area contributed by atoms with Crippen molar-refractivity contribution in [1.29, 1.82) is 0 Å². The summed E-state index contributed by atoms with van der Waals surface area (Å²) in [5.41, 5.74) is 0. The summed E-state index contributed by atoms with van der Waals surface area (Å²) < 4.78 is 35.3. The lowest BCUT2D eigenvalue weighted by atomic mass is 10.4. The number of aliphatic imine (C=N–C) groups is 1. The van der Waals surface area contributed by atoms with Crippen molar-refractivity contribution in [1.82, 2.24) is 14.9 Å². The van der Waals surface area contributed by atoms with Crippen molar-refractivity contribution in [3.8, 4) is 0 Å². The molecule has 0 aromatic carbocycles. The third kappa shape index (κ3) is 12.3. The van der Waals surface area contributed by atoms with E-state index in [1.54, 1.807) is 6.26 Å². The highest BCUT2D eigenvalue weighted by molar-refractivity contribution is 14.0. The van der Waals surface area contributed by atoms with Crippen LogP contribution >= 0.6 is 24.0 Å². The van der Waals surface area contributed by atoms with Gasteiger partial charge in [-0.25, -0.2) is 12.7 Å². The van der Waals surface area contributed by atoms with Gasteiger partial charge in [0.2, 0.25) is 10.0 Å². The Morgan fingerprint density at radius 1 is 1.30 bits per heavy atom. The summed E-state index contributed by atoms with van der Waals surface area (Å²) in [6.07, 6.45) is 4.41. The molecule has 0 fully saturated rings. The van der Waals surface area contributed by atoms with Crippen LogP contribution in [0.15, 0.2) is 27.8 Å². The van der Waals surface area contributed by atoms with Crippen LogP contribution in [0, 0.1) is 0 Å². The van der Waals surface area contributed by atoms with Crippen LogP contribution in [0.5, 0.6) is 0 Å². The molecule has 0 saturated carbocycles. The molecule has 8 nitrogen and oxygen atoms in total. The lowest BCUT2D eigenvalue weighted by molar-refractivity contribution is 0.105. The van der Waals surface area contributed by atoms with Crippen molar-refractivity contribution >= 4 is 40.0 Å². The van der Waals surface area contributed by atoms with Gasteiger partial charge in [0.05, 0.1) is 12.5 Å². The summed E-state index contributed by atoms with van der Waals surface area (Å²) in [6.45, 7) is 8.01. The van der Waals surface area contributed by atoms with Gasteiger partial charge in [-0.05, 0) is 31.9 Å². The van der Waals surface area contributed by atoms with Crippen LogP contribution in [0.25, 0.3) is 0 Å². The first-order valence-corrected chi connectivity index (χ1v) is 10.9. The average molecular weight is 516 g/mol. The molecular weight excluding hydrogens is 483 g/mol. The molecule has 0 aliphatic rings. The largest absolute Gasteiger partial charge is 0.467 e. The lowest BCUT2D eigenvalue weighted by Gasteiger charge is -2.18. The molecule has 1 rings (SSSR count). The highest BCUT2D eigenvalue weighted by Crippen LogP contribution is 2.02. The fraction of sp³-hybridized carbons (Fsp3) is 0.706. The van der Waals surface area contributed by atoms with E-state index in [4.69, 9.17) is 9.15 Å². The molecule has 1 aromatic heterocycles. The maximum atomic E-state index is 11.5. The number of sulfonamides is 1. The molecule has 158 valence electrons. The first kappa shape index (κ1) is 26.1. The van der Waals surface area contributed by atoms with E-state index in [9.17, 15) is 8.42 Å². The van der Waals surface area contributed by atoms with Gasteiger partial charge in [0, 0.05) is 39.3 Å². The fourth-order valence-corrected chi connectivity index (χ4v) is 3.22. The summed E-state index contributed by atoms with van der Waals surface area (Å²) in [5, 5.41) is 6.41. The molecule has 1 aromatic rings. The van der Waals surface area contributed by atoms with Crippen LogP contribution in [-0.2, 0) is 21.4 Å². The van der Waals surface area contributed by atoms with Crippen molar-refractivity contribution in [2.24, 2.45) is 4.99 Å². The third-order valence-corrected chi connectivity index (χ3v) is 4.96. The zero-order valence-electron chi connectivity index (χ0n) is 16.4. The maximum absolute atomic E-state index is 11.5. The minimum absolute atomic E-state index is 0. The van der Waals surface area contributed by atoms with E-state index < -0.39 is 10.0 Å². The second-order valence-electron chi connectivity index (χ2n) is 5.78. The molecule has 2 N–H and O–H groups in total. The first-order valence-electron chi connectivity index (χ1n) is 9.04. The Kier molecular flexibility index (Phi) is 14.6. The molecule has 0 bridgehead atoms. The topological polar surface area (TPSA) is 96.2 Å². The standard InChI is InChI=1S/C17H32N4O4S.HI/c1-4-18-17(19-10-7-12-21(5-2)26(3,22)23)20-11-8-13-24-15-16-9-6-14-25-16;/h6,9,14H,4-5,7-8,10-13,15H2,1-3H3,(H2,18,19,20);1H. The smallest absolute Gasteiger partial charge is 0.211 e. The number of furan rings is 1. The summed E-state index contributed by atoms with van der Waals surface area (Å²) >= 11 is 0. The van der Waals surface area contributed by atoms with Gasteiger partial charge in [-0.2, -0.15) is 0 Å². The Morgan fingerprint density at radius 2 is 2.07 bits per heavy atom. The maximum Gasteiger partial charge on any atom is 0.211 e. The molecule has 0 unspecified atom stereocenters. The van der Waals surface area contributed by atoms with Gasteiger partial charge >= 0.3 is 0 Å². The van der Waals surface area contributed by atoms with Crippen molar-refractivity contribution in [2.75, 3.05) is 45.6 Å². The van der Waals surface area contributed by atoms with Gasteiger partial charge in [-0.1, -0.05) is 6.92 Å². The van der Waals surface area contributed by atoms with Crippen molar-refractivity contribution in [2.45, 2.75) is 33.3 Å². The van der Waals surface area contributed by atoms with Crippen molar-refractivity contribution < 1.29 is 17.6 Å². The Balaban J connectivity index is 0.00000676. The van der Waals surface area contributed by atoms with Gasteiger partial charge in [0.15, 0.2) is 5.96 Å². The Hall–Kier alpha value is -0.850. The number of hydrogen-bond donors (Lipinski definition) is 2. The van der Waals surface area contributed by atoms with E-state index in [0.717, 1.165) is 31.1 Å². The minimum atomic E-state index is -3.13. The van der Waals surface area contributed by atoms with Crippen LogP contribution in [-0.4, -0.2) is 64.3 Å². The molecule has 0 saturated heterocycles. The molecule has 27 heavy (non-hydrogen) atoms. The van der Waals surface area contributed by atoms with Gasteiger partial charge in [-0.3, -0.25) is 4.99 Å². The second kappa shape index (κ2) is 15.1. The Morgan fingerprint density at radius 3 is 2.67 bits per heavy atom. The number of ether oxygens (including phenoxy) is 1. The highest BCUT2D eigenvalue weighted by Gasteiger charge is 2.13. The number of guanidine groups is 1. The van der Waals surface area contributed by atoms with E-state index in [-0.39, 0.29) is 24.0 Å². The summed E-state index contributed by atoms with van der Waals surface area (Å²) in [5.74, 6) is 1.56. The van der Waals surface area contributed by atoms with Gasteiger partial charge < -0.3 is 19.8 Å². The van der Waals surface area contributed by atoms with Crippen LogP contribution in [0.2, 0.25) is 0 Å². The van der Waals surface area contributed by atoms with E-state index in [2.05, 4.69) is 15.6 Å². The van der Waals surface area contributed by atoms with Crippen LogP contribution in [0.3, 0.4) is 0 Å². The van der Waals surface area contributed by atoms with Crippen LogP contribution in [0.4, 0.5) is 0 Å². The van der Waals surface area contributed by atoms with E-state index in [1.807, 2.05) is 26.0 Å². The van der Waals surface area contributed by atoms with Crippen LogP contribution in [0.1, 0.15) is 32.4 Å². The molecule has 0 radical (unpaired) electrons. The monoisotopic (exact) mass is 516 g/mol. The second-order valence-corrected chi connectivity index (χ2v) is 7.76. The molecule has 1 heterocycles. The molecule has 0 amide bonds. The van der Waals surface area contributed by atoms with Gasteiger partial charge in [0.1, 0.15) is 12.4 Å². The van der Waals surface area contributed by atoms with Gasteiger partial charge in [0.25, 0.3) is 0 Å². The first-order chi connectivity index (χ1) is 12.5. The van der Waals surface area contributed by atoms with E-state index in [0.29, 0.717) is 39.4 Å². The number of nitrogens with zero attached hydrogens (tertiary/aromatic N) is 2. The summed E-state index contributed by atoms with van der Waals surface area (Å²) in [6, 6.07) is 3.72. The van der Waals surface area contributed by atoms with Crippen molar-refractivity contribution in [3.05, 3.63) is 24.2 Å². The van der Waals surface area contributed by atoms with Crippen LogP contribution < -0.4 is 10.6 Å². The van der Waals surface area contributed by atoms with Gasteiger partial charge in [-0.15, -0.1) is 24.0 Å². The molecule has 0 aliphatic carbocycles. The molecule has 0 aliphatic heterocycles. The summed E-state index contributed by atoms with van der Waals surface area (Å²) in [7, 11) is -3.13. The lowest BCUT2D eigenvalue weighted by Crippen LogP contribution is -2.39. The fourth-order valence-electron chi connectivity index (χ4n) is 2.29.